The van der Waals surface area contributed by atoms with Crippen molar-refractivity contribution in [2.45, 2.75) is 13.0 Å². The van der Waals surface area contributed by atoms with Crippen LogP contribution in [0.25, 0.3) is 21.7 Å². The molecule has 0 spiro atoms. The highest BCUT2D eigenvalue weighted by atomic mass is 32.1. The molecule has 2 aromatic heterocycles. The van der Waals surface area contributed by atoms with E-state index in [0.29, 0.717) is 17.7 Å². The zero-order valence-electron chi connectivity index (χ0n) is 15.6. The molecule has 1 N–H and O–H groups in total. The average molecular weight is 398 g/mol. The van der Waals surface area contributed by atoms with Crippen LogP contribution in [0.15, 0.2) is 83.0 Å². The molecule has 0 bridgehead atoms. The molecule has 1 aliphatic rings. The summed E-state index contributed by atoms with van der Waals surface area (Å²) in [5.41, 5.74) is 4.48. The Labute approximate surface area is 172 Å². The van der Waals surface area contributed by atoms with Gasteiger partial charge in [-0.1, -0.05) is 48.5 Å². The first-order valence-corrected chi connectivity index (χ1v) is 10.4. The number of benzene rings is 2. The number of para-hydroxylation sites is 1. The monoisotopic (exact) mass is 398 g/mol. The lowest BCUT2D eigenvalue weighted by molar-refractivity contribution is 0.102. The van der Waals surface area contributed by atoms with Crippen molar-refractivity contribution in [3.8, 4) is 21.7 Å². The fraction of sp³-hybridized carbons (Fsp3) is 0.0833. The summed E-state index contributed by atoms with van der Waals surface area (Å²) in [6.07, 6.45) is 0.795. The number of carbonyl (C=O) groups excluding carboxylic acids is 1. The average Bonchev–Trinajstić information content (AvgIpc) is 3.24. The Bertz CT molecular complexity index is 1260. The van der Waals surface area contributed by atoms with Gasteiger partial charge >= 0.3 is 0 Å². The largest absolute Gasteiger partial charge is 0.322 e. The SMILES string of the molecule is O=C(Nc1ccccc1)c1cc(-c2ccccc2)c(=O)n2c1-c1sccc1CC2. The molecular weight excluding hydrogens is 380 g/mol. The van der Waals surface area contributed by atoms with Crippen molar-refractivity contribution in [3.05, 3.63) is 99.7 Å². The second kappa shape index (κ2) is 7.18. The minimum atomic E-state index is -0.210. The highest BCUT2D eigenvalue weighted by Gasteiger charge is 2.27. The Balaban J connectivity index is 1.72. The van der Waals surface area contributed by atoms with E-state index in [1.807, 2.05) is 66.0 Å². The van der Waals surface area contributed by atoms with E-state index in [9.17, 15) is 9.59 Å². The number of aryl methyl sites for hydroxylation is 1. The number of hydrogen-bond donors (Lipinski definition) is 1. The lowest BCUT2D eigenvalue weighted by Gasteiger charge is -2.23. The highest BCUT2D eigenvalue weighted by molar-refractivity contribution is 7.13. The summed E-state index contributed by atoms with van der Waals surface area (Å²) in [5.74, 6) is -0.210. The number of thiophene rings is 1. The first kappa shape index (κ1) is 17.6. The lowest BCUT2D eigenvalue weighted by Crippen LogP contribution is -2.30. The molecule has 1 aliphatic heterocycles. The molecule has 29 heavy (non-hydrogen) atoms. The van der Waals surface area contributed by atoms with Crippen LogP contribution in [0.4, 0.5) is 5.69 Å². The molecule has 0 saturated carbocycles. The van der Waals surface area contributed by atoms with E-state index in [4.69, 9.17) is 0 Å². The van der Waals surface area contributed by atoms with Crippen LogP contribution < -0.4 is 10.9 Å². The third-order valence-electron chi connectivity index (χ3n) is 5.22. The van der Waals surface area contributed by atoms with E-state index < -0.39 is 0 Å². The maximum atomic E-state index is 13.3. The highest BCUT2D eigenvalue weighted by Crippen LogP contribution is 2.37. The second-order valence-electron chi connectivity index (χ2n) is 6.99. The lowest BCUT2D eigenvalue weighted by atomic mass is 9.98. The van der Waals surface area contributed by atoms with Gasteiger partial charge in [-0.25, -0.2) is 0 Å². The summed E-state index contributed by atoms with van der Waals surface area (Å²) in [7, 11) is 0. The van der Waals surface area contributed by atoms with Crippen molar-refractivity contribution in [2.75, 3.05) is 5.32 Å². The van der Waals surface area contributed by atoms with Crippen LogP contribution in [0.1, 0.15) is 15.9 Å². The Hall–Kier alpha value is -3.44. The predicted molar refractivity (Wildman–Crippen MR) is 118 cm³/mol. The topological polar surface area (TPSA) is 51.1 Å². The van der Waals surface area contributed by atoms with E-state index in [0.717, 1.165) is 28.2 Å². The number of hydrogen-bond acceptors (Lipinski definition) is 3. The van der Waals surface area contributed by atoms with Crippen LogP contribution in [0.2, 0.25) is 0 Å². The number of nitrogens with zero attached hydrogens (tertiary/aromatic N) is 1. The number of fused-ring (bicyclic) bond motifs is 3. The van der Waals surface area contributed by atoms with Crippen LogP contribution >= 0.6 is 11.3 Å². The van der Waals surface area contributed by atoms with E-state index in [1.165, 1.54) is 5.56 Å². The summed E-state index contributed by atoms with van der Waals surface area (Å²) in [5, 5.41) is 5.00. The van der Waals surface area contributed by atoms with Gasteiger partial charge in [-0.05, 0) is 47.2 Å². The molecule has 1 amide bonds. The van der Waals surface area contributed by atoms with Gasteiger partial charge in [0.15, 0.2) is 0 Å². The fourth-order valence-corrected chi connectivity index (χ4v) is 4.84. The van der Waals surface area contributed by atoms with Gasteiger partial charge in [0.2, 0.25) is 0 Å². The van der Waals surface area contributed by atoms with Crippen LogP contribution in [0, 0.1) is 0 Å². The van der Waals surface area contributed by atoms with Gasteiger partial charge in [0.1, 0.15) is 0 Å². The molecule has 0 atom stereocenters. The molecule has 0 unspecified atom stereocenters. The zero-order valence-corrected chi connectivity index (χ0v) is 16.4. The summed E-state index contributed by atoms with van der Waals surface area (Å²) in [6.45, 7) is 0.574. The summed E-state index contributed by atoms with van der Waals surface area (Å²) in [4.78, 5) is 27.6. The van der Waals surface area contributed by atoms with Gasteiger partial charge in [-0.15, -0.1) is 11.3 Å². The molecule has 0 aliphatic carbocycles. The predicted octanol–water partition coefficient (Wildman–Crippen LogP) is 5.05. The van der Waals surface area contributed by atoms with Crippen LogP contribution in [-0.4, -0.2) is 10.5 Å². The number of rotatable bonds is 3. The Morgan fingerprint density at radius 2 is 1.69 bits per heavy atom. The minimum absolute atomic E-state index is 0.0542. The fourth-order valence-electron chi connectivity index (χ4n) is 3.82. The molecule has 4 nitrogen and oxygen atoms in total. The zero-order chi connectivity index (χ0) is 19.8. The molecular formula is C24H18N2O2S. The number of anilines is 1. The molecule has 3 heterocycles. The number of aromatic nitrogens is 1. The first-order chi connectivity index (χ1) is 14.2. The molecule has 0 radical (unpaired) electrons. The molecule has 142 valence electrons. The maximum Gasteiger partial charge on any atom is 0.258 e. The van der Waals surface area contributed by atoms with Crippen molar-refractivity contribution >= 4 is 22.9 Å². The molecule has 0 fully saturated rings. The minimum Gasteiger partial charge on any atom is -0.322 e. The number of carbonyl (C=O) groups is 1. The van der Waals surface area contributed by atoms with E-state index in [2.05, 4.69) is 11.4 Å². The first-order valence-electron chi connectivity index (χ1n) is 9.49. The molecule has 2 aromatic carbocycles. The van der Waals surface area contributed by atoms with E-state index >= 15 is 0 Å². The smallest absolute Gasteiger partial charge is 0.258 e. The summed E-state index contributed by atoms with van der Waals surface area (Å²) in [6, 6.07) is 22.7. The Morgan fingerprint density at radius 1 is 0.966 bits per heavy atom. The molecule has 0 saturated heterocycles. The number of nitrogens with one attached hydrogen (secondary N) is 1. The van der Waals surface area contributed by atoms with E-state index in [-0.39, 0.29) is 11.5 Å². The number of pyridine rings is 1. The van der Waals surface area contributed by atoms with Crippen LogP contribution in [0.3, 0.4) is 0 Å². The van der Waals surface area contributed by atoms with Gasteiger partial charge in [0, 0.05) is 17.8 Å². The van der Waals surface area contributed by atoms with Crippen LogP contribution in [-0.2, 0) is 13.0 Å². The van der Waals surface area contributed by atoms with Gasteiger partial charge in [-0.3, -0.25) is 9.59 Å². The Morgan fingerprint density at radius 3 is 2.45 bits per heavy atom. The van der Waals surface area contributed by atoms with Gasteiger partial charge in [0.05, 0.1) is 16.1 Å². The quantitative estimate of drug-likeness (QED) is 0.525. The van der Waals surface area contributed by atoms with Gasteiger partial charge in [-0.2, -0.15) is 0 Å². The summed E-state index contributed by atoms with van der Waals surface area (Å²) >= 11 is 1.58. The third kappa shape index (κ3) is 3.09. The standard InChI is InChI=1S/C24H18N2O2S/c27-23(25-18-9-5-2-6-10-18)20-15-19(16-7-3-1-4-8-16)24(28)26-13-11-17-12-14-29-22(17)21(20)26/h1-10,12,14-15H,11,13H2,(H,25,27). The van der Waals surface area contributed by atoms with Crippen molar-refractivity contribution in [2.24, 2.45) is 0 Å². The molecule has 5 heteroatoms. The second-order valence-corrected chi connectivity index (χ2v) is 7.90. The normalized spacial score (nSPS) is 12.1. The number of amides is 1. The van der Waals surface area contributed by atoms with Gasteiger partial charge < -0.3 is 9.88 Å². The van der Waals surface area contributed by atoms with Crippen LogP contribution in [0.5, 0.6) is 0 Å². The summed E-state index contributed by atoms with van der Waals surface area (Å²) < 4.78 is 1.76. The van der Waals surface area contributed by atoms with E-state index in [1.54, 1.807) is 22.0 Å². The third-order valence-corrected chi connectivity index (χ3v) is 6.18. The van der Waals surface area contributed by atoms with Crippen molar-refractivity contribution < 1.29 is 4.79 Å². The van der Waals surface area contributed by atoms with Crippen molar-refractivity contribution in [1.82, 2.24) is 4.57 Å². The Kier molecular flexibility index (Phi) is 4.37. The van der Waals surface area contributed by atoms with Gasteiger partial charge in [0.25, 0.3) is 11.5 Å². The maximum absolute atomic E-state index is 13.3. The molecule has 4 aromatic rings. The molecule has 5 rings (SSSR count). The van der Waals surface area contributed by atoms with Crippen molar-refractivity contribution in [1.29, 1.82) is 0 Å². The van der Waals surface area contributed by atoms with Crippen molar-refractivity contribution in [3.63, 3.8) is 0 Å².